The van der Waals surface area contributed by atoms with Gasteiger partial charge in [0.25, 0.3) is 0 Å². The maximum absolute atomic E-state index is 12.1. The molecule has 0 aliphatic heterocycles. The summed E-state index contributed by atoms with van der Waals surface area (Å²) in [5, 5.41) is 5.53. The van der Waals surface area contributed by atoms with Crippen molar-refractivity contribution >= 4 is 44.8 Å². The van der Waals surface area contributed by atoms with Gasteiger partial charge >= 0.3 is 5.97 Å². The van der Waals surface area contributed by atoms with Gasteiger partial charge in [-0.05, 0) is 30.3 Å². The van der Waals surface area contributed by atoms with Crippen molar-refractivity contribution in [3.63, 3.8) is 0 Å². The van der Waals surface area contributed by atoms with Gasteiger partial charge in [-0.3, -0.25) is 0 Å². The standard InChI is InChI=1S/C15H11Cl2N3O4S/c16-10-2-4-14-19-11(7-20(14)6-10)8-24-15(21)9-1-3-12(17)13(5-9)25(18,22)23/h1-7H,8H2,(H2,18,22,23). The summed E-state index contributed by atoms with van der Waals surface area (Å²) in [5.74, 6) is -0.725. The van der Waals surface area contributed by atoms with Gasteiger partial charge in [0.2, 0.25) is 10.0 Å². The van der Waals surface area contributed by atoms with Crippen molar-refractivity contribution in [2.75, 3.05) is 0 Å². The Morgan fingerprint density at radius 3 is 2.68 bits per heavy atom. The summed E-state index contributed by atoms with van der Waals surface area (Å²) in [6.45, 7) is -0.0918. The number of nitrogens with zero attached hydrogens (tertiary/aromatic N) is 2. The number of esters is 1. The molecule has 10 heteroatoms. The van der Waals surface area contributed by atoms with Crippen molar-refractivity contribution in [3.05, 3.63) is 64.0 Å². The van der Waals surface area contributed by atoms with E-state index >= 15 is 0 Å². The molecule has 0 fully saturated rings. The van der Waals surface area contributed by atoms with Gasteiger partial charge in [-0.15, -0.1) is 0 Å². The Kier molecular flexibility index (Phi) is 4.70. The number of sulfonamides is 1. The van der Waals surface area contributed by atoms with Gasteiger partial charge in [0.15, 0.2) is 0 Å². The predicted octanol–water partition coefficient (Wildman–Crippen LogP) is 2.65. The zero-order valence-electron chi connectivity index (χ0n) is 12.5. The maximum Gasteiger partial charge on any atom is 0.338 e. The van der Waals surface area contributed by atoms with Gasteiger partial charge < -0.3 is 9.14 Å². The molecule has 2 N–H and O–H groups in total. The van der Waals surface area contributed by atoms with Gasteiger partial charge in [-0.25, -0.2) is 23.3 Å². The molecule has 1 aromatic carbocycles. The highest BCUT2D eigenvalue weighted by Gasteiger charge is 2.17. The first-order chi connectivity index (χ1) is 11.7. The monoisotopic (exact) mass is 399 g/mol. The number of halogens is 2. The van der Waals surface area contributed by atoms with E-state index in [-0.39, 0.29) is 22.1 Å². The number of hydrogen-bond acceptors (Lipinski definition) is 5. The smallest absolute Gasteiger partial charge is 0.338 e. The first-order valence-corrected chi connectivity index (χ1v) is 9.17. The highest BCUT2D eigenvalue weighted by molar-refractivity contribution is 7.89. The van der Waals surface area contributed by atoms with Crippen molar-refractivity contribution < 1.29 is 17.9 Å². The van der Waals surface area contributed by atoms with Crippen LogP contribution in [0.5, 0.6) is 0 Å². The Morgan fingerprint density at radius 1 is 1.20 bits per heavy atom. The molecule has 25 heavy (non-hydrogen) atoms. The number of nitrogens with two attached hydrogens (primary N) is 1. The fourth-order valence-electron chi connectivity index (χ4n) is 2.16. The van der Waals surface area contributed by atoms with Gasteiger partial charge in [0.1, 0.15) is 17.1 Å². The number of ether oxygens (including phenoxy) is 1. The number of rotatable bonds is 4. The van der Waals surface area contributed by atoms with Crippen molar-refractivity contribution in [3.8, 4) is 0 Å². The Labute approximate surface area is 153 Å². The van der Waals surface area contributed by atoms with Gasteiger partial charge in [-0.2, -0.15) is 0 Å². The van der Waals surface area contributed by atoms with Crippen LogP contribution < -0.4 is 5.14 Å². The van der Waals surface area contributed by atoms with Crippen LogP contribution in [-0.4, -0.2) is 23.8 Å². The van der Waals surface area contributed by atoms with Crippen LogP contribution in [0.15, 0.2) is 47.6 Å². The van der Waals surface area contributed by atoms with Crippen LogP contribution in [0.25, 0.3) is 5.65 Å². The second-order valence-electron chi connectivity index (χ2n) is 5.11. The Morgan fingerprint density at radius 2 is 1.96 bits per heavy atom. The number of primary sulfonamides is 1. The summed E-state index contributed by atoms with van der Waals surface area (Å²) in [5.41, 5.74) is 1.18. The second kappa shape index (κ2) is 6.64. The van der Waals surface area contributed by atoms with Crippen molar-refractivity contribution in [1.29, 1.82) is 0 Å². The lowest BCUT2D eigenvalue weighted by Crippen LogP contribution is -2.14. The number of imidazole rings is 1. The topological polar surface area (TPSA) is 104 Å². The molecular formula is C15H11Cl2N3O4S. The van der Waals surface area contributed by atoms with Crippen LogP contribution in [0, 0.1) is 0 Å². The Hall–Kier alpha value is -2.13. The third-order valence-corrected chi connectivity index (χ3v) is 4.91. The Balaban J connectivity index is 1.78. The first-order valence-electron chi connectivity index (χ1n) is 6.86. The summed E-state index contributed by atoms with van der Waals surface area (Å²) >= 11 is 11.7. The lowest BCUT2D eigenvalue weighted by Gasteiger charge is -2.06. The first kappa shape index (κ1) is 17.7. The third kappa shape index (κ3) is 3.93. The second-order valence-corrected chi connectivity index (χ2v) is 7.48. The van der Waals surface area contributed by atoms with Crippen molar-refractivity contribution in [2.24, 2.45) is 5.14 Å². The van der Waals surface area contributed by atoms with Gasteiger partial charge in [0.05, 0.1) is 21.3 Å². The van der Waals surface area contributed by atoms with E-state index in [0.717, 1.165) is 6.07 Å². The summed E-state index contributed by atoms with van der Waals surface area (Å²) in [7, 11) is -4.05. The predicted molar refractivity (Wildman–Crippen MR) is 92.1 cm³/mol. The van der Waals surface area contributed by atoms with Crippen LogP contribution in [0.3, 0.4) is 0 Å². The SMILES string of the molecule is NS(=O)(=O)c1cc(C(=O)OCc2cn3cc(Cl)ccc3n2)ccc1Cl. The normalized spacial score (nSPS) is 11.6. The van der Waals surface area contributed by atoms with Crippen molar-refractivity contribution in [1.82, 2.24) is 9.38 Å². The molecule has 0 radical (unpaired) electrons. The lowest BCUT2D eigenvalue weighted by molar-refractivity contribution is 0.0468. The highest BCUT2D eigenvalue weighted by Crippen LogP contribution is 2.22. The van der Waals surface area contributed by atoms with Crippen molar-refractivity contribution in [2.45, 2.75) is 11.5 Å². The van der Waals surface area contributed by atoms with Crippen LogP contribution in [0.4, 0.5) is 0 Å². The number of carbonyl (C=O) groups is 1. The number of carbonyl (C=O) groups excluding carboxylic acids is 1. The van der Waals surface area contributed by atoms with Crippen LogP contribution >= 0.6 is 23.2 Å². The minimum Gasteiger partial charge on any atom is -0.456 e. The molecule has 3 rings (SSSR count). The summed E-state index contributed by atoms with van der Waals surface area (Å²) in [6, 6.07) is 7.12. The van der Waals surface area contributed by atoms with E-state index in [0.29, 0.717) is 16.4 Å². The number of hydrogen-bond donors (Lipinski definition) is 1. The maximum atomic E-state index is 12.1. The highest BCUT2D eigenvalue weighted by atomic mass is 35.5. The summed E-state index contributed by atoms with van der Waals surface area (Å²) in [6.07, 6.45) is 3.35. The van der Waals surface area contributed by atoms with Crippen LogP contribution in [0.2, 0.25) is 10.0 Å². The molecule has 0 aliphatic carbocycles. The van der Waals surface area contributed by atoms with E-state index < -0.39 is 16.0 Å². The molecule has 0 atom stereocenters. The lowest BCUT2D eigenvalue weighted by atomic mass is 10.2. The van der Waals surface area contributed by atoms with E-state index in [4.69, 9.17) is 33.1 Å². The summed E-state index contributed by atoms with van der Waals surface area (Å²) in [4.78, 5) is 16.1. The fourth-order valence-corrected chi connectivity index (χ4v) is 3.40. The average molecular weight is 400 g/mol. The quantitative estimate of drug-likeness (QED) is 0.678. The molecule has 7 nitrogen and oxygen atoms in total. The minimum atomic E-state index is -4.05. The van der Waals surface area contributed by atoms with E-state index in [1.165, 1.54) is 12.1 Å². The molecule has 2 heterocycles. The molecule has 0 unspecified atom stereocenters. The van der Waals surface area contributed by atoms with E-state index in [9.17, 15) is 13.2 Å². The number of fused-ring (bicyclic) bond motifs is 1. The zero-order valence-corrected chi connectivity index (χ0v) is 14.8. The van der Waals surface area contributed by atoms with Gasteiger partial charge in [-0.1, -0.05) is 23.2 Å². The molecule has 130 valence electrons. The average Bonchev–Trinajstić information content (AvgIpc) is 2.93. The molecule has 0 saturated heterocycles. The molecule has 0 aliphatic rings. The molecule has 2 aromatic heterocycles. The molecule has 0 saturated carbocycles. The number of benzene rings is 1. The fraction of sp³-hybridized carbons (Fsp3) is 0.0667. The minimum absolute atomic E-state index is 0.0141. The molecular weight excluding hydrogens is 389 g/mol. The Bertz CT molecular complexity index is 1080. The molecule has 0 amide bonds. The molecule has 0 bridgehead atoms. The van der Waals surface area contributed by atoms with Crippen LogP contribution in [0.1, 0.15) is 16.1 Å². The number of aromatic nitrogens is 2. The zero-order chi connectivity index (χ0) is 18.2. The third-order valence-electron chi connectivity index (χ3n) is 3.29. The van der Waals surface area contributed by atoms with E-state index in [1.54, 1.807) is 28.9 Å². The van der Waals surface area contributed by atoms with E-state index in [1.807, 2.05) is 0 Å². The van der Waals surface area contributed by atoms with E-state index in [2.05, 4.69) is 4.98 Å². The van der Waals surface area contributed by atoms with Gasteiger partial charge in [0, 0.05) is 12.4 Å². The molecule has 3 aromatic rings. The summed E-state index contributed by atoms with van der Waals surface area (Å²) < 4.78 is 29.8. The largest absolute Gasteiger partial charge is 0.456 e. The van der Waals surface area contributed by atoms with Crippen LogP contribution in [-0.2, 0) is 21.4 Å². The molecule has 0 spiro atoms. The number of pyridine rings is 1.